The van der Waals surface area contributed by atoms with Gasteiger partial charge >= 0.3 is 11.9 Å². The number of likely N-dealkylation sites (tertiary alicyclic amines) is 2. The van der Waals surface area contributed by atoms with Gasteiger partial charge in [0.2, 0.25) is 82.7 Å². The quantitative estimate of drug-likeness (QED) is 0.0172. The van der Waals surface area contributed by atoms with E-state index >= 15 is 9.59 Å². The molecule has 0 spiro atoms. The number of nitrogens with one attached hydrogen (secondary N) is 11. The summed E-state index contributed by atoms with van der Waals surface area (Å²) in [5, 5.41) is 68.7. The van der Waals surface area contributed by atoms with Crippen molar-refractivity contribution in [3.63, 3.8) is 0 Å². The Hall–Kier alpha value is -11.9. The maximum absolute atomic E-state index is 15.1. The highest BCUT2D eigenvalue weighted by molar-refractivity contribution is 6.01. The van der Waals surface area contributed by atoms with Crippen molar-refractivity contribution >= 4 is 107 Å². The molecule has 14 amide bonds. The molecule has 3 aliphatic heterocycles. The second-order valence-corrected chi connectivity index (χ2v) is 31.1. The van der Waals surface area contributed by atoms with Crippen molar-refractivity contribution in [2.75, 3.05) is 32.7 Å². The zero-order valence-corrected chi connectivity index (χ0v) is 68.3. The fraction of sp³-hybridized carbons (Fsp3) is 0.615. The molecule has 0 aliphatic carbocycles. The summed E-state index contributed by atoms with van der Waals surface area (Å²) in [6.07, 6.45) is -1.46. The first kappa shape index (κ1) is 97.6. The lowest BCUT2D eigenvalue weighted by atomic mass is 9.96. The summed E-state index contributed by atoms with van der Waals surface area (Å²) in [7, 11) is 0. The number of unbranched alkanes of at least 4 members (excludes halogenated alkanes) is 1. The van der Waals surface area contributed by atoms with Gasteiger partial charge in [0.05, 0.1) is 6.42 Å². The molecule has 27 N–H and O–H groups in total. The molecule has 3 aliphatic rings. The van der Waals surface area contributed by atoms with E-state index in [4.69, 9.17) is 34.4 Å². The highest BCUT2D eigenvalue weighted by atomic mass is 16.4. The van der Waals surface area contributed by atoms with Crippen LogP contribution in [0.25, 0.3) is 0 Å². The van der Waals surface area contributed by atoms with E-state index in [1.54, 1.807) is 41.5 Å². The van der Waals surface area contributed by atoms with Crippen LogP contribution in [0.15, 0.2) is 58.5 Å². The number of primary amides is 1. The van der Waals surface area contributed by atoms with Gasteiger partial charge in [0, 0.05) is 51.9 Å². The van der Waals surface area contributed by atoms with Crippen molar-refractivity contribution in [2.24, 2.45) is 62.1 Å². The largest absolute Gasteiger partial charge is 0.508 e. The summed E-state index contributed by atoms with van der Waals surface area (Å²) in [6.45, 7) is 10.5. The van der Waals surface area contributed by atoms with Gasteiger partial charge in [-0.05, 0) is 156 Å². The Morgan fingerprint density at radius 1 is 0.479 bits per heavy atom. The maximum Gasteiger partial charge on any atom is 0.326 e. The Kier molecular flexibility index (Phi) is 39.9. The van der Waals surface area contributed by atoms with Crippen molar-refractivity contribution in [3.8, 4) is 11.5 Å². The van der Waals surface area contributed by atoms with E-state index in [2.05, 4.69) is 68.5 Å². The molecule has 41 nitrogen and oxygen atoms in total. The molecule has 0 saturated carbocycles. The Balaban J connectivity index is 1.41. The SMILES string of the molecule is CC[C@H](C)[C@H](NC(=O)[C@H](Cc1ccc(O)cc1)NC(=O)[C@@H]1CCCN1C(=O)[C@H](CCCN=C(N)N)NC(=O)[C@@H](CCCN=C(N)N)NC(=O)[C@@H]1CCCN1C(=O)[C@H](CCCCN)NC(=O)[C@H](CC(N)=O)NC(=O)[C@H](CCC(=O)O)NC(=O)[C@H](Cc1ccc(O)cc1)NC(=O)[C@H](CC(C)C)NC(=O)[C@@H]1CCC(=O)N1)C(=O)N[C@@H](CC(C)C)C(=O)O. The second kappa shape index (κ2) is 48.7. The minimum absolute atomic E-state index is 0.00423. The van der Waals surface area contributed by atoms with E-state index in [1.165, 1.54) is 53.4 Å². The standard InChI is InChI=1S/C78H121N21O20/c1-7-43(6)63(73(115)96-57(76(118)119)37-42(4)5)97-70(112)55(39-45-21-25-47(101)26-22-45)95-72(114)59-18-13-35-99(59)75(117)52(16-11-33-86-78(83)84)90-64(106)48(15-10-32-85-77(81)82)89-71(113)58-17-12-34-98(58)74(116)51(14-8-9-31-79)91-69(111)56(40-60(80)102)94-66(108)50(28-30-62(104)105)88-68(110)54(38-44-19-23-46(100)24-20-44)93-67(109)53(36-41(2)3)92-65(107)49-27-29-61(103)87-49/h19-26,41-43,48-59,63,100-101H,7-18,27-40,79H2,1-6H3,(H2,80,102)(H,87,103)(H,88,110)(H,89,113)(H,90,106)(H,91,111)(H,92,107)(H,93,109)(H,94,108)(H,95,114)(H,96,115)(H,97,112)(H,104,105)(H,118,119)(H4,81,82,85)(H4,83,84,86)/t43-,48+,49-,50-,51-,52-,53-,54-,55-,56-,57-,58-,59-,63-/m0/s1. The van der Waals surface area contributed by atoms with Crippen LogP contribution in [-0.4, -0.2) is 248 Å². The first-order chi connectivity index (χ1) is 56.3. The summed E-state index contributed by atoms with van der Waals surface area (Å²) in [4.78, 5) is 234. The zero-order chi connectivity index (χ0) is 88.3. The number of carboxylic acid groups (broad SMARTS) is 2. The van der Waals surface area contributed by atoms with Crippen LogP contribution in [0.1, 0.15) is 175 Å². The van der Waals surface area contributed by atoms with Gasteiger partial charge in [-0.1, -0.05) is 72.2 Å². The van der Waals surface area contributed by atoms with E-state index in [9.17, 15) is 87.5 Å². The van der Waals surface area contributed by atoms with Gasteiger partial charge in [-0.2, -0.15) is 0 Å². The van der Waals surface area contributed by atoms with E-state index in [-0.39, 0.29) is 177 Å². The van der Waals surface area contributed by atoms with Crippen LogP contribution in [0.5, 0.6) is 11.5 Å². The average molecular weight is 1670 g/mol. The predicted molar refractivity (Wildman–Crippen MR) is 433 cm³/mol. The molecule has 0 aromatic heterocycles. The van der Waals surface area contributed by atoms with Gasteiger partial charge in [-0.15, -0.1) is 0 Å². The third-order valence-corrected chi connectivity index (χ3v) is 20.5. The van der Waals surface area contributed by atoms with Gasteiger partial charge in [-0.25, -0.2) is 4.79 Å². The molecule has 41 heteroatoms. The Bertz CT molecular complexity index is 3910. The van der Waals surface area contributed by atoms with Gasteiger partial charge in [0.15, 0.2) is 11.9 Å². The molecule has 5 rings (SSSR count). The lowest BCUT2D eigenvalue weighted by molar-refractivity contribution is -0.144. The van der Waals surface area contributed by atoms with Crippen molar-refractivity contribution in [3.05, 3.63) is 59.7 Å². The molecule has 3 fully saturated rings. The number of benzene rings is 2. The van der Waals surface area contributed by atoms with Crippen LogP contribution in [0.4, 0.5) is 0 Å². The molecule has 658 valence electrons. The number of aromatic hydroxyl groups is 2. The number of phenols is 2. The number of hydrogen-bond donors (Lipinski definition) is 21. The number of guanidine groups is 2. The summed E-state index contributed by atoms with van der Waals surface area (Å²) < 4.78 is 0. The van der Waals surface area contributed by atoms with Crippen LogP contribution in [0.3, 0.4) is 0 Å². The van der Waals surface area contributed by atoms with Gasteiger partial charge in [0.1, 0.15) is 90.0 Å². The second-order valence-electron chi connectivity index (χ2n) is 31.1. The van der Waals surface area contributed by atoms with E-state index in [1.807, 2.05) is 0 Å². The normalized spacial score (nSPS) is 17.8. The molecule has 14 atom stereocenters. The number of aliphatic carboxylic acids is 2. The first-order valence-corrected chi connectivity index (χ1v) is 40.3. The zero-order valence-electron chi connectivity index (χ0n) is 68.3. The number of rotatable bonds is 50. The van der Waals surface area contributed by atoms with Crippen LogP contribution in [0, 0.1) is 17.8 Å². The highest BCUT2D eigenvalue weighted by Crippen LogP contribution is 2.25. The third kappa shape index (κ3) is 32.8. The van der Waals surface area contributed by atoms with E-state index in [0.29, 0.717) is 24.0 Å². The fourth-order valence-electron chi connectivity index (χ4n) is 14.0. The Labute approximate surface area is 690 Å². The number of aliphatic imine (C=N–C) groups is 2. The third-order valence-electron chi connectivity index (χ3n) is 20.5. The fourth-order valence-corrected chi connectivity index (χ4v) is 14.0. The molecule has 0 unspecified atom stereocenters. The average Bonchev–Trinajstić information content (AvgIpc) is 1.76. The topological polar surface area (TPSA) is 674 Å². The molecule has 0 radical (unpaired) electrons. The first-order valence-electron chi connectivity index (χ1n) is 40.3. The van der Waals surface area contributed by atoms with Crippen molar-refractivity contribution in [1.82, 2.24) is 68.3 Å². The molecule has 2 aromatic rings. The molecular weight excluding hydrogens is 1550 g/mol. The minimum Gasteiger partial charge on any atom is -0.508 e. The smallest absolute Gasteiger partial charge is 0.326 e. The number of hydrogen-bond acceptors (Lipinski definition) is 21. The lowest BCUT2D eigenvalue weighted by Crippen LogP contribution is -2.61. The van der Waals surface area contributed by atoms with Crippen molar-refractivity contribution in [1.29, 1.82) is 0 Å². The van der Waals surface area contributed by atoms with E-state index in [0.717, 1.165) is 4.90 Å². The van der Waals surface area contributed by atoms with Gasteiger partial charge in [0.25, 0.3) is 0 Å². The molecule has 3 saturated heterocycles. The molecular formula is C78H121N21O20. The van der Waals surface area contributed by atoms with Crippen LogP contribution in [0.2, 0.25) is 0 Å². The summed E-state index contributed by atoms with van der Waals surface area (Å²) in [5.41, 5.74) is 34.9. The van der Waals surface area contributed by atoms with Crippen molar-refractivity contribution < 1.29 is 97.1 Å². The number of carbonyl (C=O) groups is 16. The minimum atomic E-state index is -1.93. The Morgan fingerprint density at radius 2 is 0.882 bits per heavy atom. The molecule has 0 bridgehead atoms. The van der Waals surface area contributed by atoms with Crippen molar-refractivity contribution in [2.45, 2.75) is 255 Å². The number of nitrogens with two attached hydrogens (primary N) is 6. The molecule has 119 heavy (non-hydrogen) atoms. The predicted octanol–water partition coefficient (Wildman–Crippen LogP) is -3.81. The number of carboxylic acids is 2. The number of nitrogens with zero attached hydrogens (tertiary/aromatic N) is 4. The van der Waals surface area contributed by atoms with E-state index < -0.39 is 192 Å². The Morgan fingerprint density at radius 3 is 1.34 bits per heavy atom. The molecule has 3 heterocycles. The summed E-state index contributed by atoms with van der Waals surface area (Å²) in [5.74, 6) is -16.7. The van der Waals surface area contributed by atoms with Crippen LogP contribution >= 0.6 is 0 Å². The van der Waals surface area contributed by atoms with Crippen LogP contribution in [-0.2, 0) is 89.6 Å². The van der Waals surface area contributed by atoms with Crippen LogP contribution < -0.4 is 92.9 Å². The van der Waals surface area contributed by atoms with Gasteiger partial charge < -0.3 is 123 Å². The van der Waals surface area contributed by atoms with Gasteiger partial charge in [-0.3, -0.25) is 81.9 Å². The summed E-state index contributed by atoms with van der Waals surface area (Å²) >= 11 is 0. The number of amides is 14. The number of carbonyl (C=O) groups excluding carboxylic acids is 14. The monoisotopic (exact) mass is 1670 g/mol. The highest BCUT2D eigenvalue weighted by Gasteiger charge is 2.44. The lowest BCUT2D eigenvalue weighted by Gasteiger charge is -2.32. The summed E-state index contributed by atoms with van der Waals surface area (Å²) in [6, 6.07) is -7.40. The maximum atomic E-state index is 15.1. The number of phenolic OH excluding ortho intramolecular Hbond substituents is 2. The molecule has 2 aromatic carbocycles.